The fourth-order valence-electron chi connectivity index (χ4n) is 3.13. The molecule has 1 atom stereocenters. The number of carbonyl (C=O) groups is 1. The number of nitrogens with zero attached hydrogens (tertiary/aromatic N) is 2. The van der Waals surface area contributed by atoms with Crippen LogP contribution in [0.1, 0.15) is 18.5 Å². The van der Waals surface area contributed by atoms with Gasteiger partial charge in [-0.3, -0.25) is 9.69 Å². The molecule has 1 unspecified atom stereocenters. The van der Waals surface area contributed by atoms with Gasteiger partial charge in [-0.25, -0.2) is 0 Å². The van der Waals surface area contributed by atoms with Crippen LogP contribution in [0.2, 0.25) is 0 Å². The molecule has 0 aliphatic carbocycles. The zero-order valence-electron chi connectivity index (χ0n) is 15.5. The van der Waals surface area contributed by atoms with Crippen molar-refractivity contribution >= 4 is 17.3 Å². The van der Waals surface area contributed by atoms with Crippen molar-refractivity contribution in [3.63, 3.8) is 0 Å². The minimum Gasteiger partial charge on any atom is -0.378 e. The molecule has 0 saturated carbocycles. The lowest BCUT2D eigenvalue weighted by atomic mass is 10.1. The summed E-state index contributed by atoms with van der Waals surface area (Å²) in [6, 6.07) is 18.4. The van der Waals surface area contributed by atoms with Gasteiger partial charge < -0.3 is 15.0 Å². The third-order valence-corrected chi connectivity index (χ3v) is 4.86. The number of hydrogen-bond acceptors (Lipinski definition) is 4. The van der Waals surface area contributed by atoms with Crippen LogP contribution >= 0.6 is 0 Å². The monoisotopic (exact) mass is 353 g/mol. The summed E-state index contributed by atoms with van der Waals surface area (Å²) in [7, 11) is 1.97. The molecule has 5 nitrogen and oxygen atoms in total. The summed E-state index contributed by atoms with van der Waals surface area (Å²) in [6.45, 7) is 5.82. The molecule has 0 radical (unpaired) electrons. The Balaban J connectivity index is 1.52. The first-order valence-corrected chi connectivity index (χ1v) is 9.11. The third-order valence-electron chi connectivity index (χ3n) is 4.86. The van der Waals surface area contributed by atoms with Crippen LogP contribution in [0.3, 0.4) is 0 Å². The molecule has 0 bridgehead atoms. The lowest BCUT2D eigenvalue weighted by molar-refractivity contribution is -0.117. The van der Waals surface area contributed by atoms with E-state index in [-0.39, 0.29) is 11.9 Å². The maximum absolute atomic E-state index is 12.4. The quantitative estimate of drug-likeness (QED) is 0.866. The van der Waals surface area contributed by atoms with Gasteiger partial charge in [-0.2, -0.15) is 0 Å². The van der Waals surface area contributed by atoms with Crippen LogP contribution in [0, 0.1) is 0 Å². The molecule has 1 fully saturated rings. The summed E-state index contributed by atoms with van der Waals surface area (Å²) in [5.41, 5.74) is 3.20. The van der Waals surface area contributed by atoms with E-state index in [9.17, 15) is 4.79 Å². The van der Waals surface area contributed by atoms with Crippen LogP contribution in [-0.4, -0.2) is 50.7 Å². The van der Waals surface area contributed by atoms with Gasteiger partial charge in [0.25, 0.3) is 0 Å². The number of hydrogen-bond donors (Lipinski definition) is 1. The van der Waals surface area contributed by atoms with Crippen molar-refractivity contribution in [2.24, 2.45) is 0 Å². The zero-order valence-corrected chi connectivity index (χ0v) is 15.5. The van der Waals surface area contributed by atoms with Gasteiger partial charge in [0.2, 0.25) is 5.91 Å². The van der Waals surface area contributed by atoms with Crippen molar-refractivity contribution in [1.82, 2.24) is 4.90 Å². The van der Waals surface area contributed by atoms with Crippen LogP contribution in [0.15, 0.2) is 54.6 Å². The first-order valence-electron chi connectivity index (χ1n) is 9.11. The van der Waals surface area contributed by atoms with E-state index in [1.165, 1.54) is 11.3 Å². The van der Waals surface area contributed by atoms with E-state index in [1.807, 2.05) is 42.3 Å². The van der Waals surface area contributed by atoms with E-state index >= 15 is 0 Å². The second kappa shape index (κ2) is 8.83. The van der Waals surface area contributed by atoms with Crippen LogP contribution in [0.5, 0.6) is 0 Å². The number of amides is 1. The minimum atomic E-state index is -0.00518. The van der Waals surface area contributed by atoms with Gasteiger partial charge in [0.15, 0.2) is 0 Å². The number of morpholine rings is 1. The topological polar surface area (TPSA) is 44.8 Å². The van der Waals surface area contributed by atoms with Crippen molar-refractivity contribution in [1.29, 1.82) is 0 Å². The normalized spacial score (nSPS) is 15.7. The molecule has 0 aromatic heterocycles. The third kappa shape index (κ3) is 4.84. The van der Waals surface area contributed by atoms with Crippen molar-refractivity contribution in [3.8, 4) is 0 Å². The van der Waals surface area contributed by atoms with Crippen molar-refractivity contribution in [2.45, 2.75) is 13.0 Å². The van der Waals surface area contributed by atoms with Crippen LogP contribution < -0.4 is 10.2 Å². The SMILES string of the molecule is CC(c1ccccc1)N(C)CC(=O)Nc1ccc(N2CCOCC2)cc1. The maximum atomic E-state index is 12.4. The Morgan fingerprint density at radius 1 is 1.12 bits per heavy atom. The van der Waals surface area contributed by atoms with Gasteiger partial charge in [-0.1, -0.05) is 30.3 Å². The fourth-order valence-corrected chi connectivity index (χ4v) is 3.13. The zero-order chi connectivity index (χ0) is 18.4. The molecule has 1 saturated heterocycles. The number of likely N-dealkylation sites (N-methyl/N-ethyl adjacent to an activating group) is 1. The Morgan fingerprint density at radius 2 is 1.77 bits per heavy atom. The number of benzene rings is 2. The number of nitrogens with one attached hydrogen (secondary N) is 1. The van der Waals surface area contributed by atoms with Crippen LogP contribution in [-0.2, 0) is 9.53 Å². The van der Waals surface area contributed by atoms with Gasteiger partial charge in [0, 0.05) is 30.5 Å². The molecule has 5 heteroatoms. The highest BCUT2D eigenvalue weighted by molar-refractivity contribution is 5.92. The molecule has 1 amide bonds. The summed E-state index contributed by atoms with van der Waals surface area (Å²) in [4.78, 5) is 16.7. The average Bonchev–Trinajstić information content (AvgIpc) is 2.69. The Hall–Kier alpha value is -2.37. The second-order valence-corrected chi connectivity index (χ2v) is 6.70. The highest BCUT2D eigenvalue weighted by Crippen LogP contribution is 2.20. The highest BCUT2D eigenvalue weighted by atomic mass is 16.5. The Morgan fingerprint density at radius 3 is 2.42 bits per heavy atom. The average molecular weight is 353 g/mol. The van der Waals surface area contributed by atoms with Gasteiger partial charge >= 0.3 is 0 Å². The highest BCUT2D eigenvalue weighted by Gasteiger charge is 2.15. The largest absolute Gasteiger partial charge is 0.378 e. The summed E-state index contributed by atoms with van der Waals surface area (Å²) in [5, 5.41) is 2.99. The molecular formula is C21H27N3O2. The van der Waals surface area contributed by atoms with Crippen LogP contribution in [0.25, 0.3) is 0 Å². The first-order chi connectivity index (χ1) is 12.6. The molecule has 2 aromatic carbocycles. The van der Waals surface area contributed by atoms with E-state index in [0.717, 1.165) is 32.0 Å². The predicted octanol–water partition coefficient (Wildman–Crippen LogP) is 3.15. The number of rotatable bonds is 6. The van der Waals surface area contributed by atoms with Gasteiger partial charge in [-0.15, -0.1) is 0 Å². The summed E-state index contributed by atoms with van der Waals surface area (Å²) < 4.78 is 5.38. The van der Waals surface area contributed by atoms with Gasteiger partial charge in [0.05, 0.1) is 19.8 Å². The van der Waals surface area contributed by atoms with Crippen molar-refractivity contribution in [3.05, 3.63) is 60.2 Å². The summed E-state index contributed by atoms with van der Waals surface area (Å²) >= 11 is 0. The van der Waals surface area contributed by atoms with Gasteiger partial charge in [-0.05, 0) is 43.8 Å². The summed E-state index contributed by atoms with van der Waals surface area (Å²) in [5.74, 6) is -0.00518. The van der Waals surface area contributed by atoms with Crippen molar-refractivity contribution in [2.75, 3.05) is 50.1 Å². The van der Waals surface area contributed by atoms with E-state index in [1.54, 1.807) is 0 Å². The van der Waals surface area contributed by atoms with E-state index in [0.29, 0.717) is 6.54 Å². The van der Waals surface area contributed by atoms with Gasteiger partial charge in [0.1, 0.15) is 0 Å². The first kappa shape index (κ1) is 18.4. The molecule has 0 spiro atoms. The fraction of sp³-hybridized carbons (Fsp3) is 0.381. The molecular weight excluding hydrogens is 326 g/mol. The second-order valence-electron chi connectivity index (χ2n) is 6.70. The Bertz CT molecular complexity index is 697. The molecule has 1 N–H and O–H groups in total. The standard InChI is InChI=1S/C21H27N3O2/c1-17(18-6-4-3-5-7-18)23(2)16-21(25)22-19-8-10-20(11-9-19)24-12-14-26-15-13-24/h3-11,17H,12-16H2,1-2H3,(H,22,25). The molecule has 3 rings (SSSR count). The minimum absolute atomic E-state index is 0.00518. The number of carbonyl (C=O) groups excluding carboxylic acids is 1. The predicted molar refractivity (Wildman–Crippen MR) is 106 cm³/mol. The summed E-state index contributed by atoms with van der Waals surface area (Å²) in [6.07, 6.45) is 0. The number of ether oxygens (including phenoxy) is 1. The molecule has 1 aliphatic heterocycles. The van der Waals surface area contributed by atoms with Crippen molar-refractivity contribution < 1.29 is 9.53 Å². The molecule has 2 aromatic rings. The van der Waals surface area contributed by atoms with E-state index in [4.69, 9.17) is 4.74 Å². The Kier molecular flexibility index (Phi) is 6.26. The molecule has 1 heterocycles. The maximum Gasteiger partial charge on any atom is 0.238 e. The molecule has 1 aliphatic rings. The number of anilines is 2. The van der Waals surface area contributed by atoms with E-state index in [2.05, 4.69) is 41.4 Å². The molecule has 138 valence electrons. The Labute approximate surface area is 155 Å². The van der Waals surface area contributed by atoms with Crippen LogP contribution in [0.4, 0.5) is 11.4 Å². The lowest BCUT2D eigenvalue weighted by Gasteiger charge is -2.29. The molecule has 26 heavy (non-hydrogen) atoms. The lowest BCUT2D eigenvalue weighted by Crippen LogP contribution is -2.36. The van der Waals surface area contributed by atoms with E-state index < -0.39 is 0 Å². The smallest absolute Gasteiger partial charge is 0.238 e.